The van der Waals surface area contributed by atoms with Crippen LogP contribution in [0.4, 0.5) is 5.69 Å². The van der Waals surface area contributed by atoms with Crippen LogP contribution in [0.3, 0.4) is 0 Å². The third kappa shape index (κ3) is 6.49. The largest absolute Gasteiger partial charge is 0.378 e. The Morgan fingerprint density at radius 2 is 2.04 bits per heavy atom. The Balaban J connectivity index is 0.00000261. The van der Waals surface area contributed by atoms with Gasteiger partial charge in [-0.25, -0.2) is 0 Å². The molecule has 0 amide bonds. The number of ether oxygens (including phenoxy) is 1. The third-order valence-corrected chi connectivity index (χ3v) is 5.86. The number of hydrogen-bond acceptors (Lipinski definition) is 3. The first kappa shape index (κ1) is 22.7. The Kier molecular flexibility index (Phi) is 9.65. The molecule has 0 aromatic heterocycles. The molecule has 7 heteroatoms. The highest BCUT2D eigenvalue weighted by Crippen LogP contribution is 2.26. The number of piperidine rings is 1. The van der Waals surface area contributed by atoms with Crippen molar-refractivity contribution in [2.45, 2.75) is 32.3 Å². The number of guanidine groups is 1. The number of nitrogens with zero attached hydrogens (tertiary/aromatic N) is 3. The first-order chi connectivity index (χ1) is 12.7. The van der Waals surface area contributed by atoms with Gasteiger partial charge in [0.2, 0.25) is 0 Å². The molecule has 2 fully saturated rings. The normalized spacial score (nSPS) is 21.3. The number of anilines is 1. The summed E-state index contributed by atoms with van der Waals surface area (Å²) in [5, 5.41) is 3.61. The standard InChI is InChI=1S/C20H31BrN4O.HI/c1-3-26-19-8-11-24(12-9-19)20(22-2)23-14-16-7-10-25(15-16)18-6-4-5-17(21)13-18;/h4-6,13,16,19H,3,7-12,14-15H2,1-2H3,(H,22,23);1H. The summed E-state index contributed by atoms with van der Waals surface area (Å²) in [5.74, 6) is 1.70. The summed E-state index contributed by atoms with van der Waals surface area (Å²) in [4.78, 5) is 9.35. The Hall–Kier alpha value is -0.540. The van der Waals surface area contributed by atoms with Crippen LogP contribution in [0.5, 0.6) is 0 Å². The van der Waals surface area contributed by atoms with E-state index < -0.39 is 0 Å². The first-order valence-corrected chi connectivity index (χ1v) is 10.6. The number of rotatable bonds is 5. The van der Waals surface area contributed by atoms with Gasteiger partial charge in [0.05, 0.1) is 6.10 Å². The van der Waals surface area contributed by atoms with E-state index in [2.05, 4.69) is 67.2 Å². The SMILES string of the molecule is CCOC1CCN(C(=NC)NCC2CCN(c3cccc(Br)c3)C2)CC1.I. The van der Waals surface area contributed by atoms with Gasteiger partial charge in [-0.15, -0.1) is 24.0 Å². The van der Waals surface area contributed by atoms with E-state index in [4.69, 9.17) is 4.74 Å². The summed E-state index contributed by atoms with van der Waals surface area (Å²) < 4.78 is 6.90. The second-order valence-electron chi connectivity index (χ2n) is 7.15. The second-order valence-corrected chi connectivity index (χ2v) is 8.07. The molecule has 2 aliphatic rings. The summed E-state index contributed by atoms with van der Waals surface area (Å²) in [5.41, 5.74) is 1.31. The molecule has 1 N–H and O–H groups in total. The fourth-order valence-corrected chi connectivity index (χ4v) is 4.33. The van der Waals surface area contributed by atoms with Crippen LogP contribution < -0.4 is 10.2 Å². The molecule has 152 valence electrons. The van der Waals surface area contributed by atoms with Crippen LogP contribution in [-0.4, -0.2) is 63.3 Å². The fourth-order valence-electron chi connectivity index (χ4n) is 3.94. The molecule has 0 aliphatic carbocycles. The van der Waals surface area contributed by atoms with E-state index in [9.17, 15) is 0 Å². The van der Waals surface area contributed by atoms with Crippen LogP contribution in [0, 0.1) is 5.92 Å². The van der Waals surface area contributed by atoms with Gasteiger partial charge >= 0.3 is 0 Å². The molecule has 1 unspecified atom stereocenters. The maximum Gasteiger partial charge on any atom is 0.193 e. The van der Waals surface area contributed by atoms with E-state index in [1.807, 2.05) is 7.05 Å². The Bertz CT molecular complexity index is 607. The van der Waals surface area contributed by atoms with Gasteiger partial charge in [0.15, 0.2) is 5.96 Å². The average molecular weight is 551 g/mol. The van der Waals surface area contributed by atoms with Crippen molar-refractivity contribution in [3.8, 4) is 0 Å². The summed E-state index contributed by atoms with van der Waals surface area (Å²) in [6.07, 6.45) is 3.83. The maximum absolute atomic E-state index is 5.75. The molecule has 1 atom stereocenters. The quantitative estimate of drug-likeness (QED) is 0.342. The maximum atomic E-state index is 5.75. The van der Waals surface area contributed by atoms with E-state index in [1.54, 1.807) is 0 Å². The van der Waals surface area contributed by atoms with Crippen molar-refractivity contribution in [2.24, 2.45) is 10.9 Å². The Labute approximate surface area is 189 Å². The Morgan fingerprint density at radius 3 is 2.70 bits per heavy atom. The molecule has 2 aliphatic heterocycles. The monoisotopic (exact) mass is 550 g/mol. The molecule has 1 aromatic carbocycles. The van der Waals surface area contributed by atoms with E-state index >= 15 is 0 Å². The van der Waals surface area contributed by atoms with Crippen LogP contribution >= 0.6 is 39.9 Å². The highest BCUT2D eigenvalue weighted by atomic mass is 127. The molecular weight excluding hydrogens is 519 g/mol. The minimum absolute atomic E-state index is 0. The van der Waals surface area contributed by atoms with Gasteiger partial charge in [-0.05, 0) is 50.3 Å². The number of hydrogen-bond donors (Lipinski definition) is 1. The number of aliphatic imine (C=N–C) groups is 1. The summed E-state index contributed by atoms with van der Waals surface area (Å²) in [6, 6.07) is 8.59. The van der Waals surface area contributed by atoms with E-state index in [0.29, 0.717) is 12.0 Å². The minimum atomic E-state index is 0. The van der Waals surface area contributed by atoms with Crippen LogP contribution in [-0.2, 0) is 4.74 Å². The zero-order chi connectivity index (χ0) is 18.4. The molecule has 2 heterocycles. The van der Waals surface area contributed by atoms with Gasteiger partial charge in [0.25, 0.3) is 0 Å². The molecular formula is C20H32BrIN4O. The summed E-state index contributed by atoms with van der Waals surface area (Å²) in [7, 11) is 1.89. The van der Waals surface area contributed by atoms with Crippen LogP contribution in [0.25, 0.3) is 0 Å². The van der Waals surface area contributed by atoms with Crippen LogP contribution in [0.1, 0.15) is 26.2 Å². The number of likely N-dealkylation sites (tertiary alicyclic amines) is 1. The molecule has 0 bridgehead atoms. The zero-order valence-electron chi connectivity index (χ0n) is 16.4. The lowest BCUT2D eigenvalue weighted by molar-refractivity contribution is 0.0263. The van der Waals surface area contributed by atoms with Crippen LogP contribution in [0.15, 0.2) is 33.7 Å². The predicted molar refractivity (Wildman–Crippen MR) is 127 cm³/mol. The highest BCUT2D eigenvalue weighted by Gasteiger charge is 2.25. The number of halogens is 2. The summed E-state index contributed by atoms with van der Waals surface area (Å²) in [6.45, 7) is 8.16. The van der Waals surface area contributed by atoms with Crippen molar-refractivity contribution in [2.75, 3.05) is 51.3 Å². The molecule has 0 spiro atoms. The van der Waals surface area contributed by atoms with Crippen LogP contribution in [0.2, 0.25) is 0 Å². The van der Waals surface area contributed by atoms with E-state index in [0.717, 1.165) is 62.6 Å². The van der Waals surface area contributed by atoms with Gasteiger partial charge in [0.1, 0.15) is 0 Å². The van der Waals surface area contributed by atoms with Gasteiger partial charge in [-0.2, -0.15) is 0 Å². The van der Waals surface area contributed by atoms with Gasteiger partial charge in [-0.1, -0.05) is 22.0 Å². The van der Waals surface area contributed by atoms with Gasteiger partial charge in [-0.3, -0.25) is 4.99 Å². The molecule has 0 radical (unpaired) electrons. The van der Waals surface area contributed by atoms with Crippen molar-refractivity contribution in [1.29, 1.82) is 0 Å². The molecule has 3 rings (SSSR count). The smallest absolute Gasteiger partial charge is 0.193 e. The molecule has 0 saturated carbocycles. The fraction of sp³-hybridized carbons (Fsp3) is 0.650. The van der Waals surface area contributed by atoms with E-state index in [1.165, 1.54) is 12.1 Å². The lowest BCUT2D eigenvalue weighted by atomic mass is 10.1. The number of nitrogens with one attached hydrogen (secondary N) is 1. The Morgan fingerprint density at radius 1 is 1.26 bits per heavy atom. The lowest BCUT2D eigenvalue weighted by Crippen LogP contribution is -2.48. The van der Waals surface area contributed by atoms with Crippen molar-refractivity contribution < 1.29 is 4.74 Å². The summed E-state index contributed by atoms with van der Waals surface area (Å²) >= 11 is 3.57. The second kappa shape index (κ2) is 11.5. The van der Waals surface area contributed by atoms with Gasteiger partial charge < -0.3 is 19.9 Å². The molecule has 5 nitrogen and oxygen atoms in total. The zero-order valence-corrected chi connectivity index (χ0v) is 20.3. The average Bonchev–Trinajstić information content (AvgIpc) is 3.13. The van der Waals surface area contributed by atoms with Crippen molar-refractivity contribution in [3.05, 3.63) is 28.7 Å². The van der Waals surface area contributed by atoms with Gasteiger partial charge in [0, 0.05) is 56.5 Å². The van der Waals surface area contributed by atoms with Crippen molar-refractivity contribution in [1.82, 2.24) is 10.2 Å². The number of benzene rings is 1. The first-order valence-electron chi connectivity index (χ1n) is 9.77. The predicted octanol–water partition coefficient (Wildman–Crippen LogP) is 3.97. The topological polar surface area (TPSA) is 40.1 Å². The van der Waals surface area contributed by atoms with Crippen molar-refractivity contribution >= 4 is 51.6 Å². The third-order valence-electron chi connectivity index (χ3n) is 5.36. The highest BCUT2D eigenvalue weighted by molar-refractivity contribution is 14.0. The minimum Gasteiger partial charge on any atom is -0.378 e. The molecule has 2 saturated heterocycles. The molecule has 1 aromatic rings. The van der Waals surface area contributed by atoms with Crippen molar-refractivity contribution in [3.63, 3.8) is 0 Å². The lowest BCUT2D eigenvalue weighted by Gasteiger charge is -2.34. The van der Waals surface area contributed by atoms with E-state index in [-0.39, 0.29) is 24.0 Å². The molecule has 27 heavy (non-hydrogen) atoms.